The number of hydrogen-bond acceptors (Lipinski definition) is 3. The predicted molar refractivity (Wildman–Crippen MR) is 89.5 cm³/mol. The molecule has 1 aromatic rings. The highest BCUT2D eigenvalue weighted by molar-refractivity contribution is 7.89. The fraction of sp³-hybridized carbons (Fsp3) is 0.647. The second-order valence-electron chi connectivity index (χ2n) is 6.21. The van der Waals surface area contributed by atoms with Crippen LogP contribution in [0.5, 0.6) is 0 Å². The second-order valence-corrected chi connectivity index (χ2v) is 8.30. The van der Waals surface area contributed by atoms with E-state index in [2.05, 4.69) is 38.1 Å². The first-order valence-corrected chi connectivity index (χ1v) is 9.74. The van der Waals surface area contributed by atoms with Gasteiger partial charge in [-0.15, -0.1) is 0 Å². The molecule has 5 heteroatoms. The number of benzene rings is 1. The first kappa shape index (κ1) is 17.4. The molecule has 1 aromatic carbocycles. The summed E-state index contributed by atoms with van der Waals surface area (Å²) in [5, 5.41) is 0. The van der Waals surface area contributed by atoms with Crippen LogP contribution >= 0.6 is 0 Å². The van der Waals surface area contributed by atoms with Crippen LogP contribution in [0.25, 0.3) is 0 Å². The molecule has 0 aliphatic carbocycles. The first-order chi connectivity index (χ1) is 10.4. The molecule has 0 spiro atoms. The zero-order chi connectivity index (χ0) is 16.2. The minimum Gasteiger partial charge on any atom is -0.371 e. The van der Waals surface area contributed by atoms with Crippen LogP contribution in [0.1, 0.15) is 56.8 Å². The third-order valence-electron chi connectivity index (χ3n) is 4.15. The molecule has 2 rings (SSSR count). The SMILES string of the molecule is CCCCS(=O)(=O)N1CCOC(c2ccc(C(C)C)cc2)C1. The average molecular weight is 325 g/mol. The Balaban J connectivity index is 2.07. The van der Waals surface area contributed by atoms with Gasteiger partial charge in [-0.25, -0.2) is 8.42 Å². The van der Waals surface area contributed by atoms with Gasteiger partial charge >= 0.3 is 0 Å². The van der Waals surface area contributed by atoms with Gasteiger partial charge in [0.25, 0.3) is 0 Å². The number of hydrogen-bond donors (Lipinski definition) is 0. The van der Waals surface area contributed by atoms with E-state index in [0.717, 1.165) is 12.0 Å². The minimum absolute atomic E-state index is 0.161. The van der Waals surface area contributed by atoms with Crippen LogP contribution in [0.2, 0.25) is 0 Å². The Morgan fingerprint density at radius 1 is 1.27 bits per heavy atom. The lowest BCUT2D eigenvalue weighted by molar-refractivity contribution is -0.00255. The van der Waals surface area contributed by atoms with Crippen LogP contribution in [0.4, 0.5) is 0 Å². The molecule has 1 atom stereocenters. The van der Waals surface area contributed by atoms with Gasteiger partial charge in [0.2, 0.25) is 10.0 Å². The minimum atomic E-state index is -3.15. The van der Waals surface area contributed by atoms with Gasteiger partial charge in [-0.1, -0.05) is 51.5 Å². The summed E-state index contributed by atoms with van der Waals surface area (Å²) < 4.78 is 32.0. The molecule has 124 valence electrons. The summed E-state index contributed by atoms with van der Waals surface area (Å²) in [6.07, 6.45) is 1.45. The van der Waals surface area contributed by atoms with Gasteiger partial charge in [0.1, 0.15) is 0 Å². The lowest BCUT2D eigenvalue weighted by Gasteiger charge is -2.32. The molecule has 0 saturated carbocycles. The molecule has 22 heavy (non-hydrogen) atoms. The first-order valence-electron chi connectivity index (χ1n) is 8.13. The molecule has 0 amide bonds. The van der Waals surface area contributed by atoms with Gasteiger partial charge in [0.15, 0.2) is 0 Å². The smallest absolute Gasteiger partial charge is 0.214 e. The standard InChI is InChI=1S/C17H27NO3S/c1-4-5-12-22(19,20)18-10-11-21-17(13-18)16-8-6-15(7-9-16)14(2)3/h6-9,14,17H,4-5,10-13H2,1-3H3. The Hall–Kier alpha value is -0.910. The molecular formula is C17H27NO3S. The molecule has 1 aliphatic rings. The summed E-state index contributed by atoms with van der Waals surface area (Å²) >= 11 is 0. The Morgan fingerprint density at radius 2 is 1.95 bits per heavy atom. The van der Waals surface area contributed by atoms with Crippen molar-refractivity contribution < 1.29 is 13.2 Å². The Morgan fingerprint density at radius 3 is 2.55 bits per heavy atom. The summed E-state index contributed by atoms with van der Waals surface area (Å²) in [6, 6.07) is 8.33. The van der Waals surface area contributed by atoms with E-state index in [4.69, 9.17) is 4.74 Å². The summed E-state index contributed by atoms with van der Waals surface area (Å²) in [6.45, 7) is 7.68. The maximum atomic E-state index is 12.3. The van der Waals surface area contributed by atoms with Gasteiger partial charge in [0.05, 0.1) is 18.5 Å². The lowest BCUT2D eigenvalue weighted by atomic mass is 10.00. The quantitative estimate of drug-likeness (QED) is 0.806. The molecule has 1 heterocycles. The fourth-order valence-corrected chi connectivity index (χ4v) is 4.26. The number of morpholine rings is 1. The largest absolute Gasteiger partial charge is 0.371 e. The summed E-state index contributed by atoms with van der Waals surface area (Å²) in [5.41, 5.74) is 2.34. The van der Waals surface area contributed by atoms with Gasteiger partial charge in [-0.2, -0.15) is 4.31 Å². The molecule has 1 saturated heterocycles. The molecule has 4 nitrogen and oxygen atoms in total. The van der Waals surface area contributed by atoms with Gasteiger partial charge in [-0.05, 0) is 23.5 Å². The van der Waals surface area contributed by atoms with Crippen LogP contribution in [0.15, 0.2) is 24.3 Å². The zero-order valence-electron chi connectivity index (χ0n) is 13.8. The van der Waals surface area contributed by atoms with Crippen LogP contribution in [-0.2, 0) is 14.8 Å². The van der Waals surface area contributed by atoms with Crippen molar-refractivity contribution >= 4 is 10.0 Å². The normalized spacial score (nSPS) is 20.5. The van der Waals surface area contributed by atoms with E-state index in [-0.39, 0.29) is 11.9 Å². The van der Waals surface area contributed by atoms with Gasteiger partial charge in [-0.3, -0.25) is 0 Å². The van der Waals surface area contributed by atoms with Crippen molar-refractivity contribution in [2.75, 3.05) is 25.4 Å². The molecule has 0 aromatic heterocycles. The maximum absolute atomic E-state index is 12.3. The number of nitrogens with zero attached hydrogens (tertiary/aromatic N) is 1. The third kappa shape index (κ3) is 4.31. The Labute approximate surface area is 134 Å². The molecule has 1 aliphatic heterocycles. The monoisotopic (exact) mass is 325 g/mol. The van der Waals surface area contributed by atoms with E-state index in [1.54, 1.807) is 4.31 Å². The molecular weight excluding hydrogens is 298 g/mol. The fourth-order valence-electron chi connectivity index (χ4n) is 2.63. The van der Waals surface area contributed by atoms with Crippen LogP contribution in [0.3, 0.4) is 0 Å². The highest BCUT2D eigenvalue weighted by Crippen LogP contribution is 2.26. The van der Waals surface area contributed by atoms with E-state index < -0.39 is 10.0 Å². The zero-order valence-corrected chi connectivity index (χ0v) is 14.6. The lowest BCUT2D eigenvalue weighted by Crippen LogP contribution is -2.43. The number of unbranched alkanes of at least 4 members (excludes halogenated alkanes) is 1. The van der Waals surface area contributed by atoms with E-state index in [9.17, 15) is 8.42 Å². The summed E-state index contributed by atoms with van der Waals surface area (Å²) in [4.78, 5) is 0. The maximum Gasteiger partial charge on any atom is 0.214 e. The molecule has 0 N–H and O–H groups in total. The predicted octanol–water partition coefficient (Wildman–Crippen LogP) is 3.31. The van der Waals surface area contributed by atoms with Crippen LogP contribution < -0.4 is 0 Å². The summed E-state index contributed by atoms with van der Waals surface area (Å²) in [5.74, 6) is 0.731. The van der Waals surface area contributed by atoms with E-state index in [1.165, 1.54) is 5.56 Å². The molecule has 1 unspecified atom stereocenters. The highest BCUT2D eigenvalue weighted by atomic mass is 32.2. The van der Waals surface area contributed by atoms with Crippen molar-refractivity contribution in [2.24, 2.45) is 0 Å². The van der Waals surface area contributed by atoms with Crippen molar-refractivity contribution in [3.8, 4) is 0 Å². The van der Waals surface area contributed by atoms with Crippen molar-refractivity contribution in [1.82, 2.24) is 4.31 Å². The van der Waals surface area contributed by atoms with Crippen LogP contribution in [0, 0.1) is 0 Å². The van der Waals surface area contributed by atoms with Gasteiger partial charge < -0.3 is 4.74 Å². The average Bonchev–Trinajstić information content (AvgIpc) is 2.53. The second kappa shape index (κ2) is 7.57. The van der Waals surface area contributed by atoms with Crippen LogP contribution in [-0.4, -0.2) is 38.2 Å². The topological polar surface area (TPSA) is 46.6 Å². The summed E-state index contributed by atoms with van der Waals surface area (Å²) in [7, 11) is -3.15. The van der Waals surface area contributed by atoms with Crippen molar-refractivity contribution in [3.63, 3.8) is 0 Å². The van der Waals surface area contributed by atoms with E-state index in [0.29, 0.717) is 32.0 Å². The van der Waals surface area contributed by atoms with E-state index in [1.807, 2.05) is 6.92 Å². The number of ether oxygens (including phenoxy) is 1. The Kier molecular flexibility index (Phi) is 6.01. The van der Waals surface area contributed by atoms with Crippen molar-refractivity contribution in [1.29, 1.82) is 0 Å². The van der Waals surface area contributed by atoms with Crippen molar-refractivity contribution in [3.05, 3.63) is 35.4 Å². The molecule has 0 radical (unpaired) electrons. The van der Waals surface area contributed by atoms with Gasteiger partial charge in [0, 0.05) is 13.1 Å². The number of sulfonamides is 1. The Bertz CT molecular complexity index is 566. The molecule has 1 fully saturated rings. The van der Waals surface area contributed by atoms with Crippen molar-refractivity contribution in [2.45, 2.75) is 45.6 Å². The van der Waals surface area contributed by atoms with E-state index >= 15 is 0 Å². The third-order valence-corrected chi connectivity index (χ3v) is 6.08. The highest BCUT2D eigenvalue weighted by Gasteiger charge is 2.29. The number of rotatable bonds is 6. The molecule has 0 bridgehead atoms.